The molecule has 15 heteroatoms. The van der Waals surface area contributed by atoms with Gasteiger partial charge in [-0.05, 0) is 24.3 Å². The number of rotatable bonds is 8. The number of benzene rings is 4. The first-order valence-electron chi connectivity index (χ1n) is 19.7. The number of hydrogen-bond donors (Lipinski definition) is 0. The first-order chi connectivity index (χ1) is 29.5. The topological polar surface area (TPSA) is 133 Å². The van der Waals surface area contributed by atoms with Crippen molar-refractivity contribution in [2.75, 3.05) is 72.0 Å². The van der Waals surface area contributed by atoms with Crippen molar-refractivity contribution in [2.24, 2.45) is 0 Å². The molecular weight excluding hydrogens is 763 g/mol. The van der Waals surface area contributed by atoms with Gasteiger partial charge in [0.25, 0.3) is 0 Å². The lowest BCUT2D eigenvalue weighted by atomic mass is 10.0. The first kappa shape index (κ1) is 36.8. The average Bonchev–Trinajstić information content (AvgIpc) is 3.31. The Labute approximate surface area is 343 Å². The quantitative estimate of drug-likeness (QED) is 0.152. The van der Waals surface area contributed by atoms with Crippen LogP contribution in [0.5, 0.6) is 0 Å². The van der Waals surface area contributed by atoms with Gasteiger partial charge in [-0.25, -0.2) is 48.7 Å². The van der Waals surface area contributed by atoms with E-state index >= 15 is 4.79 Å². The summed E-state index contributed by atoms with van der Waals surface area (Å²) < 4.78 is 27.3. The second kappa shape index (κ2) is 15.7. The third-order valence-electron chi connectivity index (χ3n) is 10.9. The van der Waals surface area contributed by atoms with Crippen molar-refractivity contribution in [1.82, 2.24) is 39.9 Å². The Bertz CT molecular complexity index is 2640. The highest BCUT2D eigenvalue weighted by Crippen LogP contribution is 2.36. The Balaban J connectivity index is 1.10. The standard InChI is InChI=1S/C45H36F2N12O/c46-31-25-48-44(49-26-31)58-21-17-56(18-22-58)35-15-7-13-33-37(35)39(54-42(52-33)29-9-3-1-4-10-29)41(60)40-38-34(53-43(55-40)30-11-5-2-6-12-30)14-8-16-36(38)57-19-23-59(24-20-57)45-50-27-32(47)28-51-45/h1-16,25-28H,17-24H2. The molecule has 0 aliphatic carbocycles. The van der Waals surface area contributed by atoms with Crippen LogP contribution in [-0.2, 0) is 0 Å². The van der Waals surface area contributed by atoms with Crippen LogP contribution >= 0.6 is 0 Å². The molecule has 60 heavy (non-hydrogen) atoms. The second-order valence-electron chi connectivity index (χ2n) is 14.5. The van der Waals surface area contributed by atoms with E-state index in [9.17, 15) is 8.78 Å². The highest BCUT2D eigenvalue weighted by Gasteiger charge is 2.30. The van der Waals surface area contributed by atoms with Crippen molar-refractivity contribution >= 4 is 50.9 Å². The fraction of sp³-hybridized carbons (Fsp3) is 0.178. The predicted octanol–water partition coefficient (Wildman–Crippen LogP) is 6.65. The molecular formula is C45H36F2N12O. The predicted molar refractivity (Wildman–Crippen MR) is 226 cm³/mol. The molecule has 0 N–H and O–H groups in total. The van der Waals surface area contributed by atoms with Crippen LogP contribution in [0, 0.1) is 11.6 Å². The maximum atomic E-state index is 15.7. The maximum Gasteiger partial charge on any atom is 0.231 e. The van der Waals surface area contributed by atoms with E-state index in [0.717, 1.165) is 22.5 Å². The molecule has 2 fully saturated rings. The van der Waals surface area contributed by atoms with Crippen molar-refractivity contribution in [3.63, 3.8) is 0 Å². The Morgan fingerprint density at radius 1 is 0.433 bits per heavy atom. The Morgan fingerprint density at radius 3 is 1.18 bits per heavy atom. The molecule has 10 rings (SSSR count). The molecule has 0 saturated carbocycles. The summed E-state index contributed by atoms with van der Waals surface area (Å²) in [6.07, 6.45) is 4.70. The van der Waals surface area contributed by atoms with Crippen LogP contribution in [0.15, 0.2) is 122 Å². The van der Waals surface area contributed by atoms with Crippen LogP contribution in [-0.4, -0.2) is 98.0 Å². The van der Waals surface area contributed by atoms with Crippen molar-refractivity contribution < 1.29 is 13.6 Å². The highest BCUT2D eigenvalue weighted by atomic mass is 19.1. The van der Waals surface area contributed by atoms with Crippen molar-refractivity contribution in [3.05, 3.63) is 145 Å². The molecule has 296 valence electrons. The Hall–Kier alpha value is -7.55. The Morgan fingerprint density at radius 2 is 0.800 bits per heavy atom. The summed E-state index contributed by atoms with van der Waals surface area (Å²) in [5, 5.41) is 1.24. The summed E-state index contributed by atoms with van der Waals surface area (Å²) in [6, 6.07) is 31.0. The van der Waals surface area contributed by atoms with Gasteiger partial charge in [-0.3, -0.25) is 4.79 Å². The lowest BCUT2D eigenvalue weighted by molar-refractivity contribution is 0.103. The van der Waals surface area contributed by atoms with E-state index in [-0.39, 0.29) is 17.2 Å². The molecule has 4 aromatic carbocycles. The number of hydrogen-bond acceptors (Lipinski definition) is 13. The van der Waals surface area contributed by atoms with E-state index in [0.29, 0.717) is 97.7 Å². The molecule has 0 atom stereocenters. The number of halogens is 2. The zero-order chi connectivity index (χ0) is 40.6. The number of anilines is 4. The van der Waals surface area contributed by atoms with Gasteiger partial charge in [-0.2, -0.15) is 0 Å². The van der Waals surface area contributed by atoms with Crippen LogP contribution in [0.4, 0.5) is 32.1 Å². The van der Waals surface area contributed by atoms with E-state index in [4.69, 9.17) is 19.9 Å². The van der Waals surface area contributed by atoms with E-state index < -0.39 is 11.6 Å². The van der Waals surface area contributed by atoms with Gasteiger partial charge in [-0.1, -0.05) is 72.8 Å². The minimum atomic E-state index is -0.487. The van der Waals surface area contributed by atoms with Gasteiger partial charge in [0.2, 0.25) is 17.7 Å². The van der Waals surface area contributed by atoms with Crippen molar-refractivity contribution in [1.29, 1.82) is 0 Å². The largest absolute Gasteiger partial charge is 0.367 e. The summed E-state index contributed by atoms with van der Waals surface area (Å²) in [5.41, 5.74) is 4.87. The van der Waals surface area contributed by atoms with Crippen LogP contribution in [0.1, 0.15) is 16.2 Å². The van der Waals surface area contributed by atoms with Gasteiger partial charge in [0.1, 0.15) is 11.4 Å². The van der Waals surface area contributed by atoms with Gasteiger partial charge in [-0.15, -0.1) is 0 Å². The third-order valence-corrected chi connectivity index (χ3v) is 10.9. The molecule has 0 radical (unpaired) electrons. The fourth-order valence-electron chi connectivity index (χ4n) is 7.96. The van der Waals surface area contributed by atoms with Crippen LogP contribution in [0.2, 0.25) is 0 Å². The number of nitrogens with zero attached hydrogens (tertiary/aromatic N) is 12. The van der Waals surface area contributed by atoms with E-state index in [1.54, 1.807) is 0 Å². The van der Waals surface area contributed by atoms with Crippen molar-refractivity contribution in [3.8, 4) is 22.8 Å². The number of carbonyl (C=O) groups is 1. The number of carbonyl (C=O) groups excluding carboxylic acids is 1. The minimum Gasteiger partial charge on any atom is -0.367 e. The first-order valence-corrected chi connectivity index (χ1v) is 19.7. The summed E-state index contributed by atoms with van der Waals surface area (Å²) >= 11 is 0. The highest BCUT2D eigenvalue weighted by molar-refractivity contribution is 6.22. The maximum absolute atomic E-state index is 15.7. The van der Waals surface area contributed by atoms with Gasteiger partial charge in [0, 0.05) is 74.9 Å². The van der Waals surface area contributed by atoms with Gasteiger partial charge >= 0.3 is 0 Å². The van der Waals surface area contributed by atoms with Crippen LogP contribution in [0.25, 0.3) is 44.6 Å². The minimum absolute atomic E-state index is 0.228. The summed E-state index contributed by atoms with van der Waals surface area (Å²) in [5.74, 6) is 0.433. The van der Waals surface area contributed by atoms with Crippen molar-refractivity contribution in [2.45, 2.75) is 0 Å². The summed E-state index contributed by atoms with van der Waals surface area (Å²) in [7, 11) is 0. The number of fused-ring (bicyclic) bond motifs is 2. The van der Waals surface area contributed by atoms with Crippen LogP contribution < -0.4 is 19.6 Å². The molecule has 0 unspecified atom stereocenters. The molecule has 0 bridgehead atoms. The molecule has 13 nitrogen and oxygen atoms in total. The molecule has 0 amide bonds. The zero-order valence-corrected chi connectivity index (χ0v) is 32.2. The number of piperazine rings is 2. The molecule has 2 saturated heterocycles. The van der Waals surface area contributed by atoms with Gasteiger partial charge < -0.3 is 19.6 Å². The molecule has 2 aliphatic heterocycles. The lowest BCUT2D eigenvalue weighted by Crippen LogP contribution is -2.47. The van der Waals surface area contributed by atoms with Gasteiger partial charge in [0.15, 0.2) is 23.3 Å². The summed E-state index contributed by atoms with van der Waals surface area (Å²) in [6.45, 7) is 4.65. The molecule has 0 spiro atoms. The van der Waals surface area contributed by atoms with E-state index in [1.807, 2.05) is 107 Å². The molecule has 4 aromatic heterocycles. The average molecular weight is 799 g/mol. The molecule has 2 aliphatic rings. The monoisotopic (exact) mass is 798 g/mol. The normalized spacial score (nSPS) is 14.6. The zero-order valence-electron chi connectivity index (χ0n) is 32.2. The third kappa shape index (κ3) is 7.03. The van der Waals surface area contributed by atoms with Gasteiger partial charge in [0.05, 0.1) is 46.6 Å². The fourth-order valence-corrected chi connectivity index (χ4v) is 7.96. The SMILES string of the molecule is O=C(c1nc(-c2ccccc2)nc2cccc(N3CCN(c4ncc(F)cn4)CC3)c12)c1nc(-c2ccccc2)nc2cccc(N3CCN(c4ncc(F)cn4)CC3)c12. The summed E-state index contributed by atoms with van der Waals surface area (Å²) in [4.78, 5) is 61.2. The lowest BCUT2D eigenvalue weighted by Gasteiger charge is -2.37. The van der Waals surface area contributed by atoms with E-state index in [1.165, 1.54) is 24.8 Å². The van der Waals surface area contributed by atoms with Crippen LogP contribution in [0.3, 0.4) is 0 Å². The molecule has 6 heterocycles. The number of ketones is 1. The molecule has 8 aromatic rings. The second-order valence-corrected chi connectivity index (χ2v) is 14.5. The Kier molecular flexibility index (Phi) is 9.60. The smallest absolute Gasteiger partial charge is 0.231 e. The van der Waals surface area contributed by atoms with E-state index in [2.05, 4.69) is 29.7 Å². The number of aromatic nitrogens is 8.